The number of amides is 2. The zero-order valence-corrected chi connectivity index (χ0v) is 11.3. The molecule has 0 aliphatic heterocycles. The molecule has 108 valence electrons. The molecule has 0 saturated heterocycles. The van der Waals surface area contributed by atoms with Gasteiger partial charge in [-0.3, -0.25) is 4.79 Å². The van der Waals surface area contributed by atoms with Gasteiger partial charge in [0.2, 0.25) is 0 Å². The van der Waals surface area contributed by atoms with Crippen molar-refractivity contribution in [1.29, 1.82) is 0 Å². The smallest absolute Gasteiger partial charge is 0.319 e. The summed E-state index contributed by atoms with van der Waals surface area (Å²) >= 11 is 0. The second kappa shape index (κ2) is 5.81. The molecule has 20 heavy (non-hydrogen) atoms. The summed E-state index contributed by atoms with van der Waals surface area (Å²) in [5.74, 6) is -0.135. The lowest BCUT2D eigenvalue weighted by Crippen LogP contribution is -2.48. The maximum Gasteiger partial charge on any atom is 0.319 e. The molecule has 2 rings (SSSR count). The van der Waals surface area contributed by atoms with Crippen LogP contribution in [0.1, 0.15) is 19.3 Å². The van der Waals surface area contributed by atoms with Gasteiger partial charge in [0.1, 0.15) is 5.75 Å². The van der Waals surface area contributed by atoms with Gasteiger partial charge >= 0.3 is 12.0 Å². The molecule has 0 heterocycles. The van der Waals surface area contributed by atoms with Crippen molar-refractivity contribution in [3.8, 4) is 5.75 Å². The van der Waals surface area contributed by atoms with Crippen LogP contribution in [0.15, 0.2) is 24.3 Å². The molecule has 1 fully saturated rings. The van der Waals surface area contributed by atoms with Crippen LogP contribution >= 0.6 is 0 Å². The highest BCUT2D eigenvalue weighted by atomic mass is 16.5. The fourth-order valence-electron chi connectivity index (χ4n) is 2.17. The standard InChI is InChI=1S/C14H18N2O4/c1-20-11-5-3-10(4-6-11)16-13(19)15-9-14(12(17)18)7-2-8-14/h3-6H,2,7-9H2,1H3,(H,17,18)(H2,15,16,19). The van der Waals surface area contributed by atoms with Crippen molar-refractivity contribution < 1.29 is 19.4 Å². The number of carboxylic acids is 1. The van der Waals surface area contributed by atoms with E-state index in [1.807, 2.05) is 0 Å². The second-order valence-electron chi connectivity index (χ2n) is 4.98. The van der Waals surface area contributed by atoms with Gasteiger partial charge in [0.25, 0.3) is 0 Å². The topological polar surface area (TPSA) is 87.7 Å². The van der Waals surface area contributed by atoms with Crippen LogP contribution in [-0.2, 0) is 4.79 Å². The van der Waals surface area contributed by atoms with Crippen molar-refractivity contribution in [3.05, 3.63) is 24.3 Å². The van der Waals surface area contributed by atoms with Crippen LogP contribution in [0.2, 0.25) is 0 Å². The number of carbonyl (C=O) groups excluding carboxylic acids is 1. The molecule has 1 aromatic carbocycles. The minimum atomic E-state index is -0.839. The maximum atomic E-state index is 11.7. The van der Waals surface area contributed by atoms with Crippen molar-refractivity contribution in [2.45, 2.75) is 19.3 Å². The van der Waals surface area contributed by atoms with Crippen molar-refractivity contribution in [2.75, 3.05) is 19.0 Å². The van der Waals surface area contributed by atoms with Gasteiger partial charge in [0.15, 0.2) is 0 Å². The van der Waals surface area contributed by atoms with Gasteiger partial charge in [0.05, 0.1) is 12.5 Å². The third-order valence-electron chi connectivity index (χ3n) is 3.70. The number of carbonyl (C=O) groups is 2. The Kier molecular flexibility index (Phi) is 4.12. The molecule has 1 saturated carbocycles. The molecule has 0 spiro atoms. The lowest BCUT2D eigenvalue weighted by molar-refractivity contribution is -0.153. The molecule has 2 amide bonds. The van der Waals surface area contributed by atoms with Gasteiger partial charge in [-0.1, -0.05) is 6.42 Å². The zero-order valence-electron chi connectivity index (χ0n) is 11.3. The lowest BCUT2D eigenvalue weighted by Gasteiger charge is -2.37. The number of aliphatic carboxylic acids is 1. The summed E-state index contributed by atoms with van der Waals surface area (Å²) in [5.41, 5.74) is -0.154. The third-order valence-corrected chi connectivity index (χ3v) is 3.70. The zero-order chi connectivity index (χ0) is 14.6. The van der Waals surface area contributed by atoms with E-state index in [1.54, 1.807) is 31.4 Å². The molecule has 6 heteroatoms. The van der Waals surface area contributed by atoms with Crippen LogP contribution < -0.4 is 15.4 Å². The first-order valence-corrected chi connectivity index (χ1v) is 6.48. The fourth-order valence-corrected chi connectivity index (χ4v) is 2.17. The van der Waals surface area contributed by atoms with Crippen molar-refractivity contribution >= 4 is 17.7 Å². The van der Waals surface area contributed by atoms with E-state index in [2.05, 4.69) is 10.6 Å². The van der Waals surface area contributed by atoms with E-state index in [-0.39, 0.29) is 6.54 Å². The average Bonchev–Trinajstić information content (AvgIpc) is 2.38. The van der Waals surface area contributed by atoms with Crippen LogP contribution in [-0.4, -0.2) is 30.8 Å². The molecule has 0 bridgehead atoms. The summed E-state index contributed by atoms with van der Waals surface area (Å²) in [6.45, 7) is 0.157. The first-order valence-electron chi connectivity index (χ1n) is 6.48. The van der Waals surface area contributed by atoms with Crippen LogP contribution in [0.25, 0.3) is 0 Å². The Hall–Kier alpha value is -2.24. The quantitative estimate of drug-likeness (QED) is 0.769. The Morgan fingerprint density at radius 3 is 2.40 bits per heavy atom. The van der Waals surface area contributed by atoms with Crippen LogP contribution in [0.3, 0.4) is 0 Å². The van der Waals surface area contributed by atoms with Crippen molar-refractivity contribution in [3.63, 3.8) is 0 Å². The Labute approximate surface area is 117 Å². The van der Waals surface area contributed by atoms with E-state index in [0.29, 0.717) is 24.3 Å². The van der Waals surface area contributed by atoms with E-state index >= 15 is 0 Å². The van der Waals surface area contributed by atoms with E-state index < -0.39 is 17.4 Å². The first-order chi connectivity index (χ1) is 9.55. The molecule has 1 aromatic rings. The molecule has 1 aliphatic rings. The highest BCUT2D eigenvalue weighted by molar-refractivity contribution is 5.89. The van der Waals surface area contributed by atoms with Gasteiger partial charge in [-0.15, -0.1) is 0 Å². The minimum Gasteiger partial charge on any atom is -0.497 e. The first kappa shape index (κ1) is 14.2. The number of methoxy groups -OCH3 is 1. The van der Waals surface area contributed by atoms with Crippen LogP contribution in [0, 0.1) is 5.41 Å². The van der Waals surface area contributed by atoms with Crippen LogP contribution in [0.5, 0.6) is 5.75 Å². The van der Waals surface area contributed by atoms with Gasteiger partial charge in [0, 0.05) is 12.2 Å². The van der Waals surface area contributed by atoms with E-state index in [1.165, 1.54) is 0 Å². The molecule has 0 unspecified atom stereocenters. The number of hydrogen-bond acceptors (Lipinski definition) is 3. The summed E-state index contributed by atoms with van der Waals surface area (Å²) in [7, 11) is 1.57. The molecule has 0 aromatic heterocycles. The van der Waals surface area contributed by atoms with Crippen molar-refractivity contribution in [1.82, 2.24) is 5.32 Å². The molecule has 3 N–H and O–H groups in total. The Bertz CT molecular complexity index is 494. The minimum absolute atomic E-state index is 0.157. The fraction of sp³-hybridized carbons (Fsp3) is 0.429. The van der Waals surface area contributed by atoms with E-state index in [4.69, 9.17) is 9.84 Å². The number of ether oxygens (including phenoxy) is 1. The molecule has 6 nitrogen and oxygen atoms in total. The van der Waals surface area contributed by atoms with Gasteiger partial charge < -0.3 is 20.5 Å². The Morgan fingerprint density at radius 1 is 1.30 bits per heavy atom. The summed E-state index contributed by atoms with van der Waals surface area (Å²) in [6, 6.07) is 6.51. The number of urea groups is 1. The summed E-state index contributed by atoms with van der Waals surface area (Å²) in [4.78, 5) is 22.9. The lowest BCUT2D eigenvalue weighted by atomic mass is 9.69. The van der Waals surface area contributed by atoms with Crippen molar-refractivity contribution in [2.24, 2.45) is 5.41 Å². The highest BCUT2D eigenvalue weighted by Crippen LogP contribution is 2.40. The number of rotatable bonds is 5. The molecule has 0 atom stereocenters. The van der Waals surface area contributed by atoms with E-state index in [0.717, 1.165) is 6.42 Å². The third kappa shape index (κ3) is 3.01. The number of hydrogen-bond donors (Lipinski definition) is 3. The Morgan fingerprint density at radius 2 is 1.95 bits per heavy atom. The highest BCUT2D eigenvalue weighted by Gasteiger charge is 2.44. The van der Waals surface area contributed by atoms with Crippen LogP contribution in [0.4, 0.5) is 10.5 Å². The molecule has 0 radical (unpaired) electrons. The summed E-state index contributed by atoms with van der Waals surface area (Å²) in [6.07, 6.45) is 2.13. The molecule has 1 aliphatic carbocycles. The summed E-state index contributed by atoms with van der Waals surface area (Å²) < 4.78 is 5.02. The number of benzene rings is 1. The predicted octanol–water partition coefficient (Wildman–Crippen LogP) is 2.07. The monoisotopic (exact) mass is 278 g/mol. The number of anilines is 1. The number of carboxylic acid groups (broad SMARTS) is 1. The SMILES string of the molecule is COc1ccc(NC(=O)NCC2(C(=O)O)CCC2)cc1. The summed E-state index contributed by atoms with van der Waals surface area (Å²) in [5, 5.41) is 14.4. The maximum absolute atomic E-state index is 11.7. The number of nitrogens with one attached hydrogen (secondary N) is 2. The predicted molar refractivity (Wildman–Crippen MR) is 73.9 cm³/mol. The van der Waals surface area contributed by atoms with E-state index in [9.17, 15) is 9.59 Å². The Balaban J connectivity index is 1.84. The molecular weight excluding hydrogens is 260 g/mol. The van der Waals surface area contributed by atoms with Gasteiger partial charge in [-0.25, -0.2) is 4.79 Å². The molecular formula is C14H18N2O4. The normalized spacial score (nSPS) is 15.8. The average molecular weight is 278 g/mol. The second-order valence-corrected chi connectivity index (χ2v) is 4.98. The largest absolute Gasteiger partial charge is 0.497 e. The van der Waals surface area contributed by atoms with Gasteiger partial charge in [-0.05, 0) is 37.1 Å². The van der Waals surface area contributed by atoms with Gasteiger partial charge in [-0.2, -0.15) is 0 Å².